The van der Waals surface area contributed by atoms with Crippen molar-refractivity contribution in [2.24, 2.45) is 0 Å². The zero-order valence-corrected chi connectivity index (χ0v) is 14.1. The van der Waals surface area contributed by atoms with E-state index in [4.69, 9.17) is 0 Å². The van der Waals surface area contributed by atoms with Gasteiger partial charge >= 0.3 is 0 Å². The quantitative estimate of drug-likeness (QED) is 0.935. The van der Waals surface area contributed by atoms with Gasteiger partial charge in [-0.3, -0.25) is 14.3 Å². The maximum Gasteiger partial charge on any atom is 0.255 e. The van der Waals surface area contributed by atoms with Gasteiger partial charge in [0.05, 0.1) is 11.9 Å². The highest BCUT2D eigenvalue weighted by molar-refractivity contribution is 6.04. The Morgan fingerprint density at radius 3 is 2.71 bits per heavy atom. The lowest BCUT2D eigenvalue weighted by atomic mass is 9.90. The number of anilines is 1. The first-order chi connectivity index (χ1) is 11.5. The molecule has 0 fully saturated rings. The van der Waals surface area contributed by atoms with Gasteiger partial charge in [0.15, 0.2) is 0 Å². The lowest BCUT2D eigenvalue weighted by Gasteiger charge is -2.16. The van der Waals surface area contributed by atoms with Crippen molar-refractivity contribution in [2.75, 3.05) is 19.4 Å². The van der Waals surface area contributed by atoms with E-state index in [0.717, 1.165) is 12.8 Å². The Kier molecular flexibility index (Phi) is 4.64. The van der Waals surface area contributed by atoms with Crippen LogP contribution < -0.4 is 5.32 Å². The minimum Gasteiger partial charge on any atom is -0.347 e. The molecule has 1 aliphatic carbocycles. The van der Waals surface area contributed by atoms with Crippen LogP contribution in [0.4, 0.5) is 5.69 Å². The molecule has 0 saturated heterocycles. The summed E-state index contributed by atoms with van der Waals surface area (Å²) in [6.07, 6.45) is 7.77. The van der Waals surface area contributed by atoms with Crippen molar-refractivity contribution in [1.82, 2.24) is 14.7 Å². The number of likely N-dealkylation sites (N-methyl/N-ethyl adjacent to an activating group) is 1. The van der Waals surface area contributed by atoms with E-state index < -0.39 is 0 Å². The summed E-state index contributed by atoms with van der Waals surface area (Å²) in [4.78, 5) is 25.6. The molecule has 0 bridgehead atoms. The van der Waals surface area contributed by atoms with Crippen LogP contribution in [0.2, 0.25) is 0 Å². The first-order valence-electron chi connectivity index (χ1n) is 8.18. The number of aryl methyl sites for hydroxylation is 2. The molecule has 24 heavy (non-hydrogen) atoms. The summed E-state index contributed by atoms with van der Waals surface area (Å²) >= 11 is 0. The van der Waals surface area contributed by atoms with E-state index in [1.165, 1.54) is 33.6 Å². The van der Waals surface area contributed by atoms with Gasteiger partial charge in [-0.05, 0) is 48.9 Å². The highest BCUT2D eigenvalue weighted by atomic mass is 16.2. The molecule has 2 aromatic rings. The molecule has 1 aromatic heterocycles. The summed E-state index contributed by atoms with van der Waals surface area (Å²) in [5, 5.41) is 6.95. The van der Waals surface area contributed by atoms with Crippen LogP contribution >= 0.6 is 0 Å². The molecule has 1 heterocycles. The number of hydrogen-bond donors (Lipinski definition) is 1. The Morgan fingerprint density at radius 1 is 1.21 bits per heavy atom. The molecule has 0 radical (unpaired) electrons. The molecule has 6 heteroatoms. The third-order valence-corrected chi connectivity index (χ3v) is 4.30. The Labute approximate surface area is 141 Å². The van der Waals surface area contributed by atoms with E-state index in [-0.39, 0.29) is 18.4 Å². The van der Waals surface area contributed by atoms with E-state index in [1.807, 2.05) is 12.1 Å². The zero-order valence-electron chi connectivity index (χ0n) is 14.1. The van der Waals surface area contributed by atoms with Gasteiger partial charge in [0, 0.05) is 25.9 Å². The molecule has 1 N–H and O–H groups in total. The third kappa shape index (κ3) is 3.64. The first-order valence-corrected chi connectivity index (χ1v) is 8.18. The molecule has 1 aromatic carbocycles. The number of amides is 2. The number of benzene rings is 1. The maximum absolute atomic E-state index is 12.4. The molecule has 0 spiro atoms. The SMILES string of the molecule is CN(C)C(=O)Cn1cc(NC(=O)c2ccc3c(c2)CCCC3)cn1. The number of hydrogen-bond acceptors (Lipinski definition) is 3. The normalized spacial score (nSPS) is 13.2. The number of aromatic nitrogens is 2. The molecule has 0 saturated carbocycles. The molecular weight excluding hydrogens is 304 g/mol. The third-order valence-electron chi connectivity index (χ3n) is 4.30. The summed E-state index contributed by atoms with van der Waals surface area (Å²) in [5.74, 6) is -0.201. The summed E-state index contributed by atoms with van der Waals surface area (Å²) in [5.41, 5.74) is 3.88. The predicted molar refractivity (Wildman–Crippen MR) is 92.0 cm³/mol. The molecule has 2 amide bonds. The second-order valence-electron chi connectivity index (χ2n) is 6.36. The largest absolute Gasteiger partial charge is 0.347 e. The highest BCUT2D eigenvalue weighted by Gasteiger charge is 2.14. The molecule has 6 nitrogen and oxygen atoms in total. The van der Waals surface area contributed by atoms with Crippen molar-refractivity contribution in [1.29, 1.82) is 0 Å². The predicted octanol–water partition coefficient (Wildman–Crippen LogP) is 2.10. The van der Waals surface area contributed by atoms with Crippen LogP contribution in [0.25, 0.3) is 0 Å². The van der Waals surface area contributed by atoms with Gasteiger partial charge in [-0.1, -0.05) is 6.07 Å². The highest BCUT2D eigenvalue weighted by Crippen LogP contribution is 2.22. The van der Waals surface area contributed by atoms with Crippen LogP contribution in [0, 0.1) is 0 Å². The smallest absolute Gasteiger partial charge is 0.255 e. The summed E-state index contributed by atoms with van der Waals surface area (Å²) in [6, 6.07) is 5.92. The number of nitrogens with one attached hydrogen (secondary N) is 1. The van der Waals surface area contributed by atoms with Gasteiger partial charge in [-0.15, -0.1) is 0 Å². The Balaban J connectivity index is 1.67. The van der Waals surface area contributed by atoms with E-state index in [1.54, 1.807) is 26.5 Å². The lowest BCUT2D eigenvalue weighted by Crippen LogP contribution is -2.26. The summed E-state index contributed by atoms with van der Waals surface area (Å²) < 4.78 is 1.52. The van der Waals surface area contributed by atoms with Gasteiger partial charge in [0.1, 0.15) is 6.54 Å². The van der Waals surface area contributed by atoms with Crippen LogP contribution in [0.3, 0.4) is 0 Å². The molecule has 1 aliphatic rings. The fraction of sp³-hybridized carbons (Fsp3) is 0.389. The minimum absolute atomic E-state index is 0.0503. The van der Waals surface area contributed by atoms with E-state index in [9.17, 15) is 9.59 Å². The Hall–Kier alpha value is -2.63. The molecule has 0 aliphatic heterocycles. The molecule has 3 rings (SSSR count). The fourth-order valence-corrected chi connectivity index (χ4v) is 2.87. The van der Waals surface area contributed by atoms with Crippen molar-refractivity contribution >= 4 is 17.5 Å². The van der Waals surface area contributed by atoms with Crippen LogP contribution in [0.5, 0.6) is 0 Å². The topological polar surface area (TPSA) is 67.2 Å². The number of nitrogens with zero attached hydrogens (tertiary/aromatic N) is 3. The van der Waals surface area contributed by atoms with Gasteiger partial charge in [0.25, 0.3) is 5.91 Å². The summed E-state index contributed by atoms with van der Waals surface area (Å²) in [7, 11) is 3.40. The zero-order chi connectivity index (χ0) is 17.1. The number of carbonyl (C=O) groups excluding carboxylic acids is 2. The number of rotatable bonds is 4. The molecular formula is C18H22N4O2. The van der Waals surface area contributed by atoms with E-state index in [0.29, 0.717) is 11.3 Å². The van der Waals surface area contributed by atoms with Crippen molar-refractivity contribution in [2.45, 2.75) is 32.2 Å². The maximum atomic E-state index is 12.4. The second kappa shape index (κ2) is 6.86. The van der Waals surface area contributed by atoms with Gasteiger partial charge in [-0.25, -0.2) is 0 Å². The fourth-order valence-electron chi connectivity index (χ4n) is 2.87. The van der Waals surface area contributed by atoms with Crippen molar-refractivity contribution in [3.05, 3.63) is 47.3 Å². The van der Waals surface area contributed by atoms with E-state index in [2.05, 4.69) is 16.5 Å². The van der Waals surface area contributed by atoms with Crippen LogP contribution in [-0.4, -0.2) is 40.6 Å². The molecule has 126 valence electrons. The van der Waals surface area contributed by atoms with E-state index >= 15 is 0 Å². The monoisotopic (exact) mass is 326 g/mol. The van der Waals surface area contributed by atoms with Crippen LogP contribution in [0.1, 0.15) is 34.3 Å². The van der Waals surface area contributed by atoms with Gasteiger partial charge in [-0.2, -0.15) is 5.10 Å². The van der Waals surface area contributed by atoms with Gasteiger partial charge in [0.2, 0.25) is 5.91 Å². The Morgan fingerprint density at radius 2 is 1.96 bits per heavy atom. The Bertz CT molecular complexity index is 764. The number of fused-ring (bicyclic) bond motifs is 1. The second-order valence-corrected chi connectivity index (χ2v) is 6.36. The van der Waals surface area contributed by atoms with Crippen molar-refractivity contribution in [3.8, 4) is 0 Å². The first kappa shape index (κ1) is 16.2. The standard InChI is InChI=1S/C18H22N4O2/c1-21(2)17(23)12-22-11-16(10-19-22)20-18(24)15-8-7-13-5-3-4-6-14(13)9-15/h7-11H,3-6,12H2,1-2H3,(H,20,24). The molecule has 0 unspecified atom stereocenters. The average Bonchev–Trinajstić information content (AvgIpc) is 3.01. The summed E-state index contributed by atoms with van der Waals surface area (Å²) in [6.45, 7) is 0.154. The lowest BCUT2D eigenvalue weighted by molar-refractivity contribution is -0.129. The number of carbonyl (C=O) groups is 2. The average molecular weight is 326 g/mol. The van der Waals surface area contributed by atoms with Crippen LogP contribution in [-0.2, 0) is 24.2 Å². The van der Waals surface area contributed by atoms with Gasteiger partial charge < -0.3 is 10.2 Å². The van der Waals surface area contributed by atoms with Crippen molar-refractivity contribution < 1.29 is 9.59 Å². The van der Waals surface area contributed by atoms with Crippen molar-refractivity contribution in [3.63, 3.8) is 0 Å². The molecule has 0 atom stereocenters. The van der Waals surface area contributed by atoms with Crippen LogP contribution in [0.15, 0.2) is 30.6 Å². The minimum atomic E-state index is -0.151.